The fourth-order valence-electron chi connectivity index (χ4n) is 3.29. The predicted octanol–water partition coefficient (Wildman–Crippen LogP) is 1.02. The van der Waals surface area contributed by atoms with Crippen LogP contribution in [0.4, 0.5) is 0 Å². The third-order valence-corrected chi connectivity index (χ3v) is 4.24. The van der Waals surface area contributed by atoms with Crippen molar-refractivity contribution in [2.45, 2.75) is 63.6 Å². The van der Waals surface area contributed by atoms with Gasteiger partial charge in [0.05, 0.1) is 0 Å². The van der Waals surface area contributed by atoms with Gasteiger partial charge in [0, 0.05) is 24.0 Å². The first-order valence-corrected chi connectivity index (χ1v) is 7.06. The zero-order valence-corrected chi connectivity index (χ0v) is 11.5. The second kappa shape index (κ2) is 4.59. The topological polar surface area (TPSA) is 87.9 Å². The average molecular weight is 263 g/mol. The molecule has 2 aliphatic heterocycles. The Labute approximate surface area is 112 Å². The maximum atomic E-state index is 12.5. The lowest BCUT2D eigenvalue weighted by atomic mass is 9.98. The Morgan fingerprint density at radius 1 is 1.37 bits per heavy atom. The van der Waals surface area contributed by atoms with Crippen LogP contribution in [0.2, 0.25) is 0 Å². The Balaban J connectivity index is 1.80. The number of H-pyrrole nitrogens is 1. The maximum Gasteiger partial charge on any atom is 0.294 e. The van der Waals surface area contributed by atoms with Crippen LogP contribution in [0.1, 0.15) is 61.9 Å². The molecule has 104 valence electrons. The normalized spacial score (nSPS) is 30.1. The van der Waals surface area contributed by atoms with Crippen LogP contribution in [-0.2, 0) is 0 Å². The molecule has 2 atom stereocenters. The molecule has 3 rings (SSSR count). The van der Waals surface area contributed by atoms with E-state index in [1.165, 1.54) is 0 Å². The van der Waals surface area contributed by atoms with E-state index in [2.05, 4.69) is 15.2 Å². The standard InChI is InChI=1S/C13H21N5O/c1-7(2)11-15-12(17-16-11)13(19)18-9-3-4-10(18)6-8(14)5-9/h7-10H,3-6,14H2,1-2H3,(H,15,16,17). The van der Waals surface area contributed by atoms with E-state index in [-0.39, 0.29) is 30.0 Å². The Morgan fingerprint density at radius 3 is 2.53 bits per heavy atom. The van der Waals surface area contributed by atoms with E-state index >= 15 is 0 Å². The molecule has 6 heteroatoms. The van der Waals surface area contributed by atoms with Crippen molar-refractivity contribution in [3.63, 3.8) is 0 Å². The first-order valence-electron chi connectivity index (χ1n) is 7.06. The van der Waals surface area contributed by atoms with Crippen molar-refractivity contribution in [1.29, 1.82) is 0 Å². The van der Waals surface area contributed by atoms with Gasteiger partial charge in [-0.2, -0.15) is 0 Å². The van der Waals surface area contributed by atoms with Gasteiger partial charge < -0.3 is 10.6 Å². The number of hydrogen-bond donors (Lipinski definition) is 2. The van der Waals surface area contributed by atoms with Crippen molar-refractivity contribution in [3.8, 4) is 0 Å². The minimum Gasteiger partial charge on any atom is -0.330 e. The smallest absolute Gasteiger partial charge is 0.294 e. The molecule has 1 aromatic rings. The molecule has 0 saturated carbocycles. The summed E-state index contributed by atoms with van der Waals surface area (Å²) in [5.41, 5.74) is 6.03. The highest BCUT2D eigenvalue weighted by Gasteiger charge is 2.43. The van der Waals surface area contributed by atoms with E-state index < -0.39 is 0 Å². The average Bonchev–Trinajstić information content (AvgIpc) is 2.93. The molecule has 2 bridgehead atoms. The lowest BCUT2D eigenvalue weighted by molar-refractivity contribution is 0.0563. The van der Waals surface area contributed by atoms with Gasteiger partial charge in [-0.15, -0.1) is 5.10 Å². The molecule has 6 nitrogen and oxygen atoms in total. The number of hydrogen-bond acceptors (Lipinski definition) is 4. The van der Waals surface area contributed by atoms with Crippen LogP contribution in [-0.4, -0.2) is 44.1 Å². The number of aromatic nitrogens is 3. The molecular weight excluding hydrogens is 242 g/mol. The number of rotatable bonds is 2. The summed E-state index contributed by atoms with van der Waals surface area (Å²) in [4.78, 5) is 18.8. The molecule has 0 aromatic carbocycles. The summed E-state index contributed by atoms with van der Waals surface area (Å²) >= 11 is 0. The Kier molecular flexibility index (Phi) is 3.05. The fourth-order valence-corrected chi connectivity index (χ4v) is 3.29. The number of nitrogens with two attached hydrogens (primary N) is 1. The lowest BCUT2D eigenvalue weighted by Crippen LogP contribution is -2.50. The highest BCUT2D eigenvalue weighted by atomic mass is 16.2. The van der Waals surface area contributed by atoms with Gasteiger partial charge in [0.25, 0.3) is 5.91 Å². The largest absolute Gasteiger partial charge is 0.330 e. The molecule has 0 spiro atoms. The third kappa shape index (κ3) is 2.14. The zero-order valence-electron chi connectivity index (χ0n) is 11.5. The monoisotopic (exact) mass is 263 g/mol. The highest BCUT2D eigenvalue weighted by Crippen LogP contribution is 2.35. The number of carbonyl (C=O) groups excluding carboxylic acids is 1. The number of aromatic amines is 1. The summed E-state index contributed by atoms with van der Waals surface area (Å²) < 4.78 is 0. The van der Waals surface area contributed by atoms with E-state index in [9.17, 15) is 4.79 Å². The number of nitrogens with zero attached hydrogens (tertiary/aromatic N) is 3. The summed E-state index contributed by atoms with van der Waals surface area (Å²) in [5, 5.41) is 6.92. The quantitative estimate of drug-likeness (QED) is 0.834. The molecule has 19 heavy (non-hydrogen) atoms. The second-order valence-electron chi connectivity index (χ2n) is 6.03. The van der Waals surface area contributed by atoms with Crippen molar-refractivity contribution < 1.29 is 4.79 Å². The summed E-state index contributed by atoms with van der Waals surface area (Å²) in [7, 11) is 0. The van der Waals surface area contributed by atoms with Crippen molar-refractivity contribution >= 4 is 5.91 Å². The van der Waals surface area contributed by atoms with Gasteiger partial charge in [0.1, 0.15) is 5.82 Å². The highest BCUT2D eigenvalue weighted by molar-refractivity contribution is 5.91. The van der Waals surface area contributed by atoms with Crippen LogP contribution >= 0.6 is 0 Å². The van der Waals surface area contributed by atoms with Crippen LogP contribution in [0.3, 0.4) is 0 Å². The Bertz CT molecular complexity index is 469. The van der Waals surface area contributed by atoms with Gasteiger partial charge in [-0.3, -0.25) is 9.89 Å². The van der Waals surface area contributed by atoms with Gasteiger partial charge in [0.15, 0.2) is 0 Å². The first kappa shape index (κ1) is 12.6. The number of piperidine rings is 1. The van der Waals surface area contributed by atoms with Gasteiger partial charge in [0.2, 0.25) is 5.82 Å². The Hall–Kier alpha value is -1.43. The summed E-state index contributed by atoms with van der Waals surface area (Å²) in [6.45, 7) is 4.05. The summed E-state index contributed by atoms with van der Waals surface area (Å²) in [5.74, 6) is 1.28. The molecule has 3 N–H and O–H groups in total. The Morgan fingerprint density at radius 2 is 2.00 bits per heavy atom. The number of nitrogens with one attached hydrogen (secondary N) is 1. The predicted molar refractivity (Wildman–Crippen MR) is 70.7 cm³/mol. The fraction of sp³-hybridized carbons (Fsp3) is 0.769. The molecule has 2 saturated heterocycles. The first-order chi connectivity index (χ1) is 9.06. The molecular formula is C13H21N5O. The van der Waals surface area contributed by atoms with E-state index in [1.54, 1.807) is 0 Å². The van der Waals surface area contributed by atoms with E-state index in [1.807, 2.05) is 18.7 Å². The molecule has 0 aliphatic carbocycles. The molecule has 1 amide bonds. The van der Waals surface area contributed by atoms with Gasteiger partial charge in [-0.25, -0.2) is 4.98 Å². The molecule has 2 aliphatic rings. The van der Waals surface area contributed by atoms with Gasteiger partial charge >= 0.3 is 0 Å². The van der Waals surface area contributed by atoms with Gasteiger partial charge in [-0.1, -0.05) is 13.8 Å². The van der Waals surface area contributed by atoms with Crippen molar-refractivity contribution in [2.75, 3.05) is 0 Å². The maximum absolute atomic E-state index is 12.5. The lowest BCUT2D eigenvalue weighted by Gasteiger charge is -2.37. The van der Waals surface area contributed by atoms with Crippen LogP contribution in [0.15, 0.2) is 0 Å². The van der Waals surface area contributed by atoms with Gasteiger partial charge in [-0.05, 0) is 25.7 Å². The SMILES string of the molecule is CC(C)c1nc(C(=O)N2C3CCC2CC(N)C3)n[nH]1. The van der Waals surface area contributed by atoms with Crippen LogP contribution < -0.4 is 5.73 Å². The number of fused-ring (bicyclic) bond motifs is 2. The molecule has 0 radical (unpaired) electrons. The number of carbonyl (C=O) groups is 1. The van der Waals surface area contributed by atoms with E-state index in [0.717, 1.165) is 31.5 Å². The van der Waals surface area contributed by atoms with Crippen molar-refractivity contribution in [3.05, 3.63) is 11.6 Å². The van der Waals surface area contributed by atoms with Crippen LogP contribution in [0.5, 0.6) is 0 Å². The molecule has 1 aromatic heterocycles. The van der Waals surface area contributed by atoms with Crippen molar-refractivity contribution in [2.24, 2.45) is 5.73 Å². The summed E-state index contributed by atoms with van der Waals surface area (Å²) in [6.07, 6.45) is 3.94. The molecule has 2 unspecified atom stereocenters. The second-order valence-corrected chi connectivity index (χ2v) is 6.03. The molecule has 3 heterocycles. The van der Waals surface area contributed by atoms with Crippen LogP contribution in [0.25, 0.3) is 0 Å². The molecule has 2 fully saturated rings. The van der Waals surface area contributed by atoms with Crippen LogP contribution in [0, 0.1) is 0 Å². The summed E-state index contributed by atoms with van der Waals surface area (Å²) in [6, 6.07) is 0.796. The number of amides is 1. The minimum atomic E-state index is -0.0393. The minimum absolute atomic E-state index is 0.0393. The zero-order chi connectivity index (χ0) is 13.6. The van der Waals surface area contributed by atoms with E-state index in [0.29, 0.717) is 5.82 Å². The third-order valence-electron chi connectivity index (χ3n) is 4.24. The van der Waals surface area contributed by atoms with Crippen molar-refractivity contribution in [1.82, 2.24) is 20.1 Å². The van der Waals surface area contributed by atoms with E-state index in [4.69, 9.17) is 5.73 Å².